The summed E-state index contributed by atoms with van der Waals surface area (Å²) in [7, 11) is 0. The molecule has 0 amide bonds. The molecule has 7 nitrogen and oxygen atoms in total. The maximum atomic E-state index is 11.1. The summed E-state index contributed by atoms with van der Waals surface area (Å²) in [6.07, 6.45) is 1.67. The van der Waals surface area contributed by atoms with Gasteiger partial charge in [-0.2, -0.15) is 4.98 Å². The van der Waals surface area contributed by atoms with Gasteiger partial charge in [-0.3, -0.25) is 10.1 Å². The molecule has 2 heterocycles. The summed E-state index contributed by atoms with van der Waals surface area (Å²) >= 11 is 7.19. The molecular formula is C10H10ClN5O2S. The van der Waals surface area contributed by atoms with Crippen LogP contribution in [0.3, 0.4) is 0 Å². The largest absolute Gasteiger partial charge is 0.355 e. The van der Waals surface area contributed by atoms with Crippen LogP contribution in [0.4, 0.5) is 11.5 Å². The van der Waals surface area contributed by atoms with Crippen molar-refractivity contribution in [3.63, 3.8) is 0 Å². The fraction of sp³-hybridized carbons (Fsp3) is 0.300. The molecule has 100 valence electrons. The van der Waals surface area contributed by atoms with Crippen LogP contribution in [0.5, 0.6) is 0 Å². The van der Waals surface area contributed by atoms with Crippen LogP contribution < -0.4 is 5.32 Å². The smallest absolute Gasteiger partial charge is 0.332 e. The van der Waals surface area contributed by atoms with E-state index in [1.54, 1.807) is 6.20 Å². The molecule has 0 aliphatic heterocycles. The Morgan fingerprint density at radius 2 is 2.26 bits per heavy atom. The van der Waals surface area contributed by atoms with E-state index in [9.17, 15) is 10.1 Å². The molecule has 19 heavy (non-hydrogen) atoms. The van der Waals surface area contributed by atoms with Gasteiger partial charge in [0, 0.05) is 11.6 Å². The van der Waals surface area contributed by atoms with Crippen molar-refractivity contribution in [3.05, 3.63) is 37.7 Å². The molecule has 2 aromatic heterocycles. The molecule has 2 aromatic rings. The Labute approximate surface area is 117 Å². The zero-order chi connectivity index (χ0) is 14.0. The first-order valence-corrected chi connectivity index (χ1v) is 6.59. The van der Waals surface area contributed by atoms with Crippen molar-refractivity contribution in [1.82, 2.24) is 15.0 Å². The van der Waals surface area contributed by atoms with E-state index >= 15 is 0 Å². The molecule has 1 atom stereocenters. The second-order valence-electron chi connectivity index (χ2n) is 3.77. The lowest BCUT2D eigenvalue weighted by atomic mass is 10.3. The number of halogens is 1. The monoisotopic (exact) mass is 299 g/mol. The fourth-order valence-corrected chi connectivity index (χ4v) is 2.42. The Bertz CT molecular complexity index is 604. The predicted octanol–water partition coefficient (Wildman–Crippen LogP) is 2.98. The lowest BCUT2D eigenvalue weighted by Gasteiger charge is -2.12. The first-order chi connectivity index (χ1) is 8.99. The van der Waals surface area contributed by atoms with Crippen molar-refractivity contribution < 1.29 is 4.92 Å². The molecule has 0 saturated carbocycles. The molecule has 1 unspecified atom stereocenters. The highest BCUT2D eigenvalue weighted by molar-refractivity contribution is 7.09. The summed E-state index contributed by atoms with van der Waals surface area (Å²) in [5, 5.41) is 16.6. The number of nitrogens with zero attached hydrogens (tertiary/aromatic N) is 4. The first-order valence-electron chi connectivity index (χ1n) is 5.33. The molecule has 0 aliphatic carbocycles. The van der Waals surface area contributed by atoms with Crippen molar-refractivity contribution in [2.75, 3.05) is 5.32 Å². The van der Waals surface area contributed by atoms with E-state index in [-0.39, 0.29) is 28.5 Å². The van der Waals surface area contributed by atoms with Crippen LogP contribution in [-0.4, -0.2) is 19.9 Å². The van der Waals surface area contributed by atoms with Crippen molar-refractivity contribution in [1.29, 1.82) is 0 Å². The number of aryl methyl sites for hydroxylation is 1. The molecule has 0 aliphatic rings. The second kappa shape index (κ2) is 5.45. The van der Waals surface area contributed by atoms with Gasteiger partial charge in [0.15, 0.2) is 0 Å². The summed E-state index contributed by atoms with van der Waals surface area (Å²) in [6.45, 7) is 3.36. The van der Waals surface area contributed by atoms with E-state index in [1.807, 2.05) is 12.3 Å². The van der Waals surface area contributed by atoms with Gasteiger partial charge in [-0.1, -0.05) is 0 Å². The van der Waals surface area contributed by atoms with Gasteiger partial charge in [-0.15, -0.1) is 11.3 Å². The molecule has 0 saturated heterocycles. The second-order valence-corrected chi connectivity index (χ2v) is 5.03. The van der Waals surface area contributed by atoms with E-state index in [0.717, 1.165) is 5.01 Å². The molecule has 2 rings (SSSR count). The van der Waals surface area contributed by atoms with Crippen LogP contribution in [-0.2, 0) is 0 Å². The summed E-state index contributed by atoms with van der Waals surface area (Å²) < 4.78 is 0. The summed E-state index contributed by atoms with van der Waals surface area (Å²) in [5.74, 6) is 0.102. The molecule has 0 fully saturated rings. The van der Waals surface area contributed by atoms with Crippen molar-refractivity contribution in [3.8, 4) is 0 Å². The Morgan fingerprint density at radius 1 is 1.53 bits per heavy atom. The van der Waals surface area contributed by atoms with Gasteiger partial charge < -0.3 is 5.32 Å². The number of aromatic nitrogens is 3. The quantitative estimate of drug-likeness (QED) is 0.530. The minimum Gasteiger partial charge on any atom is -0.355 e. The molecular weight excluding hydrogens is 290 g/mol. The third-order valence-corrected chi connectivity index (χ3v) is 3.52. The zero-order valence-electron chi connectivity index (χ0n) is 10.1. The van der Waals surface area contributed by atoms with E-state index in [1.165, 1.54) is 18.3 Å². The van der Waals surface area contributed by atoms with Gasteiger partial charge in [0.25, 0.3) is 0 Å². The van der Waals surface area contributed by atoms with Crippen LogP contribution in [0.1, 0.15) is 23.7 Å². The molecule has 0 radical (unpaired) electrons. The van der Waals surface area contributed by atoms with Crippen molar-refractivity contribution >= 4 is 34.4 Å². The highest BCUT2D eigenvalue weighted by atomic mass is 35.5. The molecule has 0 bridgehead atoms. The molecule has 0 spiro atoms. The summed E-state index contributed by atoms with van der Waals surface area (Å²) in [5.41, 5.74) is 0.0478. The lowest BCUT2D eigenvalue weighted by molar-refractivity contribution is -0.385. The minimum atomic E-state index is -0.525. The van der Waals surface area contributed by atoms with Gasteiger partial charge in [-0.05, 0) is 25.4 Å². The minimum absolute atomic E-state index is 0.0306. The lowest BCUT2D eigenvalue weighted by Crippen LogP contribution is -2.11. The SMILES string of the molecule is Cc1nc(Cl)nc(NC(C)c2nccs2)c1[N+](=O)[O-]. The zero-order valence-corrected chi connectivity index (χ0v) is 11.7. The highest BCUT2D eigenvalue weighted by Gasteiger charge is 2.23. The number of thiazole rings is 1. The first kappa shape index (κ1) is 13.6. The van der Waals surface area contributed by atoms with E-state index in [4.69, 9.17) is 11.6 Å². The number of nitrogens with one attached hydrogen (secondary N) is 1. The third kappa shape index (κ3) is 2.96. The highest BCUT2D eigenvalue weighted by Crippen LogP contribution is 2.29. The van der Waals surface area contributed by atoms with Gasteiger partial charge >= 0.3 is 5.69 Å². The molecule has 9 heteroatoms. The predicted molar refractivity (Wildman–Crippen MR) is 72.6 cm³/mol. The van der Waals surface area contributed by atoms with E-state index in [2.05, 4.69) is 20.3 Å². The van der Waals surface area contributed by atoms with Crippen LogP contribution in [0.15, 0.2) is 11.6 Å². The number of rotatable bonds is 4. The maximum absolute atomic E-state index is 11.1. The molecule has 1 N–H and O–H groups in total. The number of anilines is 1. The Hall–Kier alpha value is -1.80. The van der Waals surface area contributed by atoms with Crippen LogP contribution in [0.25, 0.3) is 0 Å². The number of hydrogen-bond donors (Lipinski definition) is 1. The van der Waals surface area contributed by atoms with Crippen LogP contribution in [0, 0.1) is 17.0 Å². The fourth-order valence-electron chi connectivity index (χ4n) is 1.57. The molecule has 0 aromatic carbocycles. The van der Waals surface area contributed by atoms with E-state index in [0.29, 0.717) is 0 Å². The third-order valence-electron chi connectivity index (χ3n) is 2.39. The number of nitro groups is 1. The Balaban J connectivity index is 2.36. The normalized spacial score (nSPS) is 12.2. The standard InChI is InChI=1S/C10H10ClN5O2S/c1-5-7(16(17)18)8(15-10(11)14-5)13-6(2)9-12-3-4-19-9/h3-4,6H,1-2H3,(H,13,14,15). The maximum Gasteiger partial charge on any atom is 0.332 e. The average Bonchev–Trinajstić information content (AvgIpc) is 2.80. The van der Waals surface area contributed by atoms with E-state index < -0.39 is 4.92 Å². The van der Waals surface area contributed by atoms with Gasteiger partial charge in [0.05, 0.1) is 11.0 Å². The van der Waals surface area contributed by atoms with Crippen molar-refractivity contribution in [2.24, 2.45) is 0 Å². The van der Waals surface area contributed by atoms with Gasteiger partial charge in [-0.25, -0.2) is 9.97 Å². The number of hydrogen-bond acceptors (Lipinski definition) is 7. The summed E-state index contributed by atoms with van der Waals surface area (Å²) in [4.78, 5) is 22.3. The Kier molecular flexibility index (Phi) is 3.91. The summed E-state index contributed by atoms with van der Waals surface area (Å²) in [6, 6.07) is -0.205. The van der Waals surface area contributed by atoms with Crippen molar-refractivity contribution in [2.45, 2.75) is 19.9 Å². The van der Waals surface area contributed by atoms with Gasteiger partial charge in [0.1, 0.15) is 10.7 Å². The Morgan fingerprint density at radius 3 is 2.84 bits per heavy atom. The topological polar surface area (TPSA) is 93.8 Å². The average molecular weight is 300 g/mol. The van der Waals surface area contributed by atoms with Crippen LogP contribution >= 0.6 is 22.9 Å². The van der Waals surface area contributed by atoms with Crippen LogP contribution in [0.2, 0.25) is 5.28 Å². The van der Waals surface area contributed by atoms with Gasteiger partial charge in [0.2, 0.25) is 11.1 Å².